The van der Waals surface area contributed by atoms with Crippen LogP contribution in [-0.4, -0.2) is 34.1 Å². The molecule has 1 heterocycles. The number of rotatable bonds is 4. The van der Waals surface area contributed by atoms with E-state index < -0.39 is 11.5 Å². The molecule has 0 aromatic heterocycles. The fourth-order valence-electron chi connectivity index (χ4n) is 3.19. The Kier molecular flexibility index (Phi) is 3.24. The van der Waals surface area contributed by atoms with E-state index in [4.69, 9.17) is 0 Å². The van der Waals surface area contributed by atoms with Gasteiger partial charge in [0.1, 0.15) is 5.54 Å². The lowest BCUT2D eigenvalue weighted by molar-refractivity contribution is -0.155. The largest absolute Gasteiger partial charge is 0.480 e. The van der Waals surface area contributed by atoms with Crippen LogP contribution in [-0.2, 0) is 4.79 Å². The Balaban J connectivity index is 2.17. The van der Waals surface area contributed by atoms with E-state index in [1.807, 2.05) is 6.92 Å². The predicted molar refractivity (Wildman–Crippen MR) is 63.4 cm³/mol. The fourth-order valence-corrected chi connectivity index (χ4v) is 3.19. The molecule has 1 saturated carbocycles. The van der Waals surface area contributed by atoms with E-state index in [1.54, 1.807) is 0 Å². The van der Waals surface area contributed by atoms with E-state index in [1.165, 1.54) is 12.8 Å². The van der Waals surface area contributed by atoms with Crippen LogP contribution >= 0.6 is 0 Å². The third kappa shape index (κ3) is 1.97. The van der Waals surface area contributed by atoms with E-state index in [2.05, 4.69) is 11.8 Å². The molecule has 0 aromatic carbocycles. The van der Waals surface area contributed by atoms with Crippen molar-refractivity contribution in [3.05, 3.63) is 0 Å². The molecule has 0 radical (unpaired) electrons. The van der Waals surface area contributed by atoms with Crippen molar-refractivity contribution in [1.29, 1.82) is 0 Å². The van der Waals surface area contributed by atoms with Gasteiger partial charge >= 0.3 is 5.97 Å². The monoisotopic (exact) mass is 225 g/mol. The van der Waals surface area contributed by atoms with Crippen molar-refractivity contribution in [2.24, 2.45) is 5.92 Å². The number of carboxylic acid groups (broad SMARTS) is 1. The summed E-state index contributed by atoms with van der Waals surface area (Å²) in [4.78, 5) is 13.8. The molecular weight excluding hydrogens is 202 g/mol. The van der Waals surface area contributed by atoms with Gasteiger partial charge in [0.15, 0.2) is 0 Å². The highest BCUT2D eigenvalue weighted by atomic mass is 16.4. The molecule has 3 nitrogen and oxygen atoms in total. The van der Waals surface area contributed by atoms with Gasteiger partial charge in [0.25, 0.3) is 0 Å². The number of hydrogen-bond acceptors (Lipinski definition) is 2. The lowest BCUT2D eigenvalue weighted by Gasteiger charge is -2.46. The summed E-state index contributed by atoms with van der Waals surface area (Å²) in [5.74, 6) is 0.132. The Morgan fingerprint density at radius 2 is 2.19 bits per heavy atom. The molecular formula is C13H23NO2. The zero-order valence-electron chi connectivity index (χ0n) is 10.4. The second-order valence-electron chi connectivity index (χ2n) is 5.54. The minimum atomic E-state index is -0.633. The molecule has 1 aliphatic heterocycles. The smallest absolute Gasteiger partial charge is 0.323 e. The van der Waals surface area contributed by atoms with Gasteiger partial charge < -0.3 is 5.11 Å². The highest BCUT2D eigenvalue weighted by molar-refractivity contribution is 5.78. The highest BCUT2D eigenvalue weighted by Crippen LogP contribution is 2.41. The predicted octanol–water partition coefficient (Wildman–Crippen LogP) is 2.50. The Morgan fingerprint density at radius 3 is 2.69 bits per heavy atom. The van der Waals surface area contributed by atoms with E-state index in [0.717, 1.165) is 38.1 Å². The summed E-state index contributed by atoms with van der Waals surface area (Å²) in [5, 5.41) is 9.47. The maximum Gasteiger partial charge on any atom is 0.323 e. The van der Waals surface area contributed by atoms with Gasteiger partial charge in [-0.3, -0.25) is 9.69 Å². The number of carbonyl (C=O) groups is 1. The van der Waals surface area contributed by atoms with Crippen LogP contribution in [0, 0.1) is 5.92 Å². The summed E-state index contributed by atoms with van der Waals surface area (Å²) >= 11 is 0. The highest BCUT2D eigenvalue weighted by Gasteiger charge is 2.47. The Bertz CT molecular complexity index is 275. The van der Waals surface area contributed by atoms with Crippen molar-refractivity contribution in [3.8, 4) is 0 Å². The van der Waals surface area contributed by atoms with Crippen LogP contribution in [0.4, 0.5) is 0 Å². The summed E-state index contributed by atoms with van der Waals surface area (Å²) in [7, 11) is 0. The summed E-state index contributed by atoms with van der Waals surface area (Å²) < 4.78 is 0. The van der Waals surface area contributed by atoms with Crippen LogP contribution in [0.2, 0.25) is 0 Å². The van der Waals surface area contributed by atoms with Crippen LogP contribution in [0.15, 0.2) is 0 Å². The topological polar surface area (TPSA) is 40.5 Å². The third-order valence-corrected chi connectivity index (χ3v) is 4.39. The maximum absolute atomic E-state index is 11.5. The van der Waals surface area contributed by atoms with Gasteiger partial charge in [0.05, 0.1) is 0 Å². The van der Waals surface area contributed by atoms with E-state index in [9.17, 15) is 9.90 Å². The number of carboxylic acids is 1. The number of hydrogen-bond donors (Lipinski definition) is 1. The average molecular weight is 225 g/mol. The summed E-state index contributed by atoms with van der Waals surface area (Å²) in [6, 6.07) is 0.501. The first kappa shape index (κ1) is 11.9. The Morgan fingerprint density at radius 1 is 1.50 bits per heavy atom. The quantitative estimate of drug-likeness (QED) is 0.799. The standard InChI is InChI=1S/C13H23NO2/c1-3-11(10-6-7-10)14-9-5-4-8-13(14,2)12(15)16/h10-11H,3-9H2,1-2H3,(H,15,16). The maximum atomic E-state index is 11.5. The molecule has 1 saturated heterocycles. The first-order valence-electron chi connectivity index (χ1n) is 6.59. The van der Waals surface area contributed by atoms with Gasteiger partial charge in [-0.05, 0) is 57.9 Å². The zero-order chi connectivity index (χ0) is 11.8. The minimum absolute atomic E-state index is 0.501. The van der Waals surface area contributed by atoms with Gasteiger partial charge in [-0.25, -0.2) is 0 Å². The molecule has 2 atom stereocenters. The average Bonchev–Trinajstić information content (AvgIpc) is 3.06. The normalized spacial score (nSPS) is 33.6. The van der Waals surface area contributed by atoms with E-state index in [0.29, 0.717) is 6.04 Å². The van der Waals surface area contributed by atoms with Gasteiger partial charge in [-0.2, -0.15) is 0 Å². The third-order valence-electron chi connectivity index (χ3n) is 4.39. The number of likely N-dealkylation sites (tertiary alicyclic amines) is 1. The van der Waals surface area contributed by atoms with Crippen LogP contribution in [0.5, 0.6) is 0 Å². The van der Waals surface area contributed by atoms with E-state index in [-0.39, 0.29) is 0 Å². The van der Waals surface area contributed by atoms with Gasteiger partial charge in [0, 0.05) is 6.04 Å². The van der Waals surface area contributed by atoms with Crippen molar-refractivity contribution in [1.82, 2.24) is 4.90 Å². The molecule has 0 amide bonds. The molecule has 92 valence electrons. The first-order chi connectivity index (χ1) is 7.59. The number of aliphatic carboxylic acids is 1. The summed E-state index contributed by atoms with van der Waals surface area (Å²) in [6.07, 6.45) is 6.71. The zero-order valence-corrected chi connectivity index (χ0v) is 10.4. The molecule has 0 spiro atoms. The van der Waals surface area contributed by atoms with Crippen LogP contribution in [0.1, 0.15) is 52.4 Å². The molecule has 0 aromatic rings. The fraction of sp³-hybridized carbons (Fsp3) is 0.923. The first-order valence-corrected chi connectivity index (χ1v) is 6.59. The van der Waals surface area contributed by atoms with Crippen molar-refractivity contribution in [2.75, 3.05) is 6.54 Å². The second-order valence-corrected chi connectivity index (χ2v) is 5.54. The number of piperidine rings is 1. The van der Waals surface area contributed by atoms with Crippen LogP contribution in [0.3, 0.4) is 0 Å². The summed E-state index contributed by atoms with van der Waals surface area (Å²) in [6.45, 7) is 5.08. The Labute approximate surface area is 97.8 Å². The molecule has 16 heavy (non-hydrogen) atoms. The van der Waals surface area contributed by atoms with Crippen molar-refractivity contribution >= 4 is 5.97 Å². The van der Waals surface area contributed by atoms with Gasteiger partial charge in [-0.15, -0.1) is 0 Å². The van der Waals surface area contributed by atoms with Crippen molar-refractivity contribution in [2.45, 2.75) is 64.0 Å². The Hall–Kier alpha value is -0.570. The molecule has 2 unspecified atom stereocenters. The molecule has 1 aliphatic carbocycles. The van der Waals surface area contributed by atoms with E-state index >= 15 is 0 Å². The van der Waals surface area contributed by atoms with Crippen LogP contribution < -0.4 is 0 Å². The summed E-state index contributed by atoms with van der Waals surface area (Å²) in [5.41, 5.74) is -0.610. The van der Waals surface area contributed by atoms with Crippen molar-refractivity contribution < 1.29 is 9.90 Å². The lowest BCUT2D eigenvalue weighted by Crippen LogP contribution is -2.59. The molecule has 0 bridgehead atoms. The molecule has 2 aliphatic rings. The molecule has 2 fully saturated rings. The second kappa shape index (κ2) is 4.36. The molecule has 3 heteroatoms. The minimum Gasteiger partial charge on any atom is -0.480 e. The SMILES string of the molecule is CCC(C1CC1)N1CCCCC1(C)C(=O)O. The van der Waals surface area contributed by atoms with Crippen molar-refractivity contribution in [3.63, 3.8) is 0 Å². The van der Waals surface area contributed by atoms with Crippen LogP contribution in [0.25, 0.3) is 0 Å². The van der Waals surface area contributed by atoms with Gasteiger partial charge in [-0.1, -0.05) is 6.92 Å². The van der Waals surface area contributed by atoms with Gasteiger partial charge in [0.2, 0.25) is 0 Å². The lowest BCUT2D eigenvalue weighted by atomic mass is 9.85. The molecule has 1 N–H and O–H groups in total. The number of nitrogens with zero attached hydrogens (tertiary/aromatic N) is 1. The molecule has 2 rings (SSSR count).